The first-order chi connectivity index (χ1) is 11.8. The number of amides is 1. The van der Waals surface area contributed by atoms with Crippen LogP contribution in [0.25, 0.3) is 11.1 Å². The van der Waals surface area contributed by atoms with Crippen molar-refractivity contribution in [2.75, 3.05) is 0 Å². The topological polar surface area (TPSA) is 107 Å². The molecule has 0 fully saturated rings. The third kappa shape index (κ3) is 4.91. The highest BCUT2D eigenvalue weighted by Crippen LogP contribution is 2.20. The molecule has 0 bridgehead atoms. The largest absolute Gasteiger partial charge is 0.420 e. The Morgan fingerprint density at radius 1 is 1.32 bits per heavy atom. The molecule has 0 aliphatic rings. The van der Waals surface area contributed by atoms with Gasteiger partial charge in [-0.15, -0.1) is 0 Å². The lowest BCUT2D eigenvalue weighted by atomic mass is 10.0. The van der Waals surface area contributed by atoms with E-state index in [0.717, 1.165) is 19.3 Å². The summed E-state index contributed by atoms with van der Waals surface area (Å²) in [5, 5.41) is 13.6. The first kappa shape index (κ1) is 18.7. The van der Waals surface area contributed by atoms with E-state index in [2.05, 4.69) is 19.2 Å². The molecule has 1 unspecified atom stereocenters. The van der Waals surface area contributed by atoms with Crippen molar-refractivity contribution >= 4 is 22.7 Å². The van der Waals surface area contributed by atoms with Crippen LogP contribution in [-0.2, 0) is 11.3 Å². The average Bonchev–Trinajstić information content (AvgIpc) is 2.81. The molecule has 1 heterocycles. The van der Waals surface area contributed by atoms with Crippen LogP contribution >= 0.6 is 0 Å². The fourth-order valence-corrected chi connectivity index (χ4v) is 2.69. The van der Waals surface area contributed by atoms with Crippen molar-refractivity contribution in [3.63, 3.8) is 0 Å². The van der Waals surface area contributed by atoms with Gasteiger partial charge in [0.15, 0.2) is 5.58 Å². The van der Waals surface area contributed by atoms with Crippen LogP contribution in [-0.4, -0.2) is 21.4 Å². The summed E-state index contributed by atoms with van der Waals surface area (Å²) in [4.78, 5) is 34.3. The minimum atomic E-state index is -0.710. The van der Waals surface area contributed by atoms with Crippen molar-refractivity contribution in [1.29, 1.82) is 0 Å². The molecule has 0 spiro atoms. The molecule has 1 atom stereocenters. The minimum absolute atomic E-state index is 0.0150. The van der Waals surface area contributed by atoms with Gasteiger partial charge in [0, 0.05) is 12.1 Å². The molecule has 2 rings (SSSR count). The number of nitro benzene ring substituents is 1. The number of nitro groups is 1. The molecular weight excluding hydrogens is 326 g/mol. The van der Waals surface area contributed by atoms with E-state index >= 15 is 0 Å². The van der Waals surface area contributed by atoms with E-state index < -0.39 is 10.7 Å². The number of carbonyl (C=O) groups is 1. The highest BCUT2D eigenvalue weighted by Gasteiger charge is 2.17. The molecule has 25 heavy (non-hydrogen) atoms. The van der Waals surface area contributed by atoms with Gasteiger partial charge in [-0.1, -0.05) is 26.7 Å². The predicted octanol–water partition coefficient (Wildman–Crippen LogP) is 2.83. The summed E-state index contributed by atoms with van der Waals surface area (Å²) in [5.74, 6) is -0.374. The Hall–Kier alpha value is -2.64. The van der Waals surface area contributed by atoms with Gasteiger partial charge >= 0.3 is 5.76 Å². The smallest absolute Gasteiger partial charge is 0.407 e. The first-order valence-corrected chi connectivity index (χ1v) is 8.35. The van der Waals surface area contributed by atoms with E-state index in [1.165, 1.54) is 22.8 Å². The maximum atomic E-state index is 12.2. The number of benzene rings is 1. The number of non-ortho nitro benzene ring substituents is 1. The molecule has 8 heteroatoms. The van der Waals surface area contributed by atoms with Crippen LogP contribution in [0.2, 0.25) is 0 Å². The Morgan fingerprint density at radius 2 is 2.04 bits per heavy atom. The molecule has 1 aromatic heterocycles. The zero-order chi connectivity index (χ0) is 18.6. The van der Waals surface area contributed by atoms with Crippen LogP contribution in [0.4, 0.5) is 5.69 Å². The first-order valence-electron chi connectivity index (χ1n) is 8.35. The molecule has 136 valence electrons. The van der Waals surface area contributed by atoms with Gasteiger partial charge in [-0.25, -0.2) is 4.79 Å². The van der Waals surface area contributed by atoms with E-state index in [9.17, 15) is 19.7 Å². The molecule has 0 aliphatic heterocycles. The SMILES string of the molecule is CC(C)CCCC(C)NC(=O)Cn1c(=O)oc2cc([N+](=O)[O-])ccc21. The summed E-state index contributed by atoms with van der Waals surface area (Å²) in [6.45, 7) is 6.06. The Bertz CT molecular complexity index is 821. The molecule has 8 nitrogen and oxygen atoms in total. The van der Waals surface area contributed by atoms with Crippen LogP contribution in [0.5, 0.6) is 0 Å². The van der Waals surface area contributed by atoms with Crippen molar-refractivity contribution in [3.8, 4) is 0 Å². The fraction of sp³-hybridized carbons (Fsp3) is 0.529. The zero-order valence-corrected chi connectivity index (χ0v) is 14.7. The zero-order valence-electron chi connectivity index (χ0n) is 14.7. The second-order valence-electron chi connectivity index (χ2n) is 6.66. The van der Waals surface area contributed by atoms with Crippen molar-refractivity contribution in [3.05, 3.63) is 38.9 Å². The van der Waals surface area contributed by atoms with Crippen molar-refractivity contribution in [2.45, 2.75) is 52.6 Å². The predicted molar refractivity (Wildman–Crippen MR) is 93.4 cm³/mol. The van der Waals surface area contributed by atoms with Crippen LogP contribution < -0.4 is 11.1 Å². The highest BCUT2D eigenvalue weighted by molar-refractivity contribution is 5.80. The minimum Gasteiger partial charge on any atom is -0.407 e. The Balaban J connectivity index is 2.04. The second-order valence-corrected chi connectivity index (χ2v) is 6.66. The summed E-state index contributed by atoms with van der Waals surface area (Å²) in [6, 6.07) is 3.89. The Labute approximate surface area is 145 Å². The van der Waals surface area contributed by atoms with E-state index in [0.29, 0.717) is 11.4 Å². The molecule has 0 radical (unpaired) electrons. The van der Waals surface area contributed by atoms with Gasteiger partial charge in [-0.05, 0) is 25.3 Å². The molecule has 0 aliphatic carbocycles. The standard InChI is InChI=1S/C17H23N3O5/c1-11(2)5-4-6-12(3)18-16(21)10-19-14-8-7-13(20(23)24)9-15(14)25-17(19)22/h7-9,11-12H,4-6,10H2,1-3H3,(H,18,21). The van der Waals surface area contributed by atoms with Crippen LogP contribution in [0.3, 0.4) is 0 Å². The molecular formula is C17H23N3O5. The molecule has 2 aromatic rings. The normalized spacial score (nSPS) is 12.5. The van der Waals surface area contributed by atoms with Gasteiger partial charge in [0.2, 0.25) is 5.91 Å². The maximum Gasteiger partial charge on any atom is 0.420 e. The molecule has 1 N–H and O–H groups in total. The number of hydrogen-bond donors (Lipinski definition) is 1. The number of hydrogen-bond acceptors (Lipinski definition) is 5. The summed E-state index contributed by atoms with van der Waals surface area (Å²) < 4.78 is 6.19. The quantitative estimate of drug-likeness (QED) is 0.582. The van der Waals surface area contributed by atoms with Crippen molar-refractivity contribution < 1.29 is 14.1 Å². The van der Waals surface area contributed by atoms with Crippen LogP contribution in [0, 0.1) is 16.0 Å². The van der Waals surface area contributed by atoms with Crippen LogP contribution in [0.1, 0.15) is 40.0 Å². The summed E-state index contributed by atoms with van der Waals surface area (Å²) >= 11 is 0. The number of nitrogens with one attached hydrogen (secondary N) is 1. The summed E-state index contributed by atoms with van der Waals surface area (Å²) in [5.41, 5.74) is 0.284. The van der Waals surface area contributed by atoms with Gasteiger partial charge in [0.1, 0.15) is 6.54 Å². The molecule has 1 aromatic carbocycles. The number of rotatable bonds is 8. The van der Waals surface area contributed by atoms with Gasteiger partial charge in [0.25, 0.3) is 5.69 Å². The maximum absolute atomic E-state index is 12.2. The highest BCUT2D eigenvalue weighted by atomic mass is 16.6. The molecule has 0 saturated carbocycles. The number of aromatic nitrogens is 1. The van der Waals surface area contributed by atoms with E-state index in [-0.39, 0.29) is 29.8 Å². The monoisotopic (exact) mass is 349 g/mol. The van der Waals surface area contributed by atoms with E-state index in [4.69, 9.17) is 4.42 Å². The van der Waals surface area contributed by atoms with Gasteiger partial charge in [-0.3, -0.25) is 19.5 Å². The third-order valence-electron chi connectivity index (χ3n) is 3.99. The molecule has 1 amide bonds. The lowest BCUT2D eigenvalue weighted by molar-refractivity contribution is -0.384. The number of fused-ring (bicyclic) bond motifs is 1. The summed E-state index contributed by atoms with van der Waals surface area (Å²) in [6.07, 6.45) is 3.00. The third-order valence-corrected chi connectivity index (χ3v) is 3.99. The van der Waals surface area contributed by atoms with E-state index in [1.54, 1.807) is 0 Å². The lowest BCUT2D eigenvalue weighted by Crippen LogP contribution is -2.36. The van der Waals surface area contributed by atoms with Gasteiger partial charge in [-0.2, -0.15) is 0 Å². The number of nitrogens with zero attached hydrogens (tertiary/aromatic N) is 2. The molecule has 0 saturated heterocycles. The Morgan fingerprint density at radius 3 is 2.68 bits per heavy atom. The number of oxazole rings is 1. The number of carbonyl (C=O) groups excluding carboxylic acids is 1. The summed E-state index contributed by atoms with van der Waals surface area (Å²) in [7, 11) is 0. The Kier molecular flexibility index (Phi) is 5.95. The van der Waals surface area contributed by atoms with Gasteiger partial charge in [0.05, 0.1) is 16.5 Å². The second kappa shape index (κ2) is 7.96. The van der Waals surface area contributed by atoms with E-state index in [1.807, 2.05) is 6.92 Å². The lowest BCUT2D eigenvalue weighted by Gasteiger charge is -2.14. The average molecular weight is 349 g/mol. The van der Waals surface area contributed by atoms with Gasteiger partial charge < -0.3 is 9.73 Å². The van der Waals surface area contributed by atoms with Crippen molar-refractivity contribution in [1.82, 2.24) is 9.88 Å². The van der Waals surface area contributed by atoms with Crippen molar-refractivity contribution in [2.24, 2.45) is 5.92 Å². The van der Waals surface area contributed by atoms with Crippen LogP contribution in [0.15, 0.2) is 27.4 Å². The fourth-order valence-electron chi connectivity index (χ4n) is 2.69.